The van der Waals surface area contributed by atoms with Gasteiger partial charge < -0.3 is 10.1 Å². The molecule has 0 aliphatic rings. The van der Waals surface area contributed by atoms with Gasteiger partial charge in [-0.25, -0.2) is 0 Å². The molecule has 0 saturated heterocycles. The number of fused-ring (bicyclic) bond motifs is 2. The molecular weight excluding hydrogens is 456 g/mol. The Morgan fingerprint density at radius 2 is 1.46 bits per heavy atom. The lowest BCUT2D eigenvalue weighted by atomic mass is 10.0. The highest BCUT2D eigenvalue weighted by Gasteiger charge is 2.15. The molecule has 0 aliphatic heterocycles. The summed E-state index contributed by atoms with van der Waals surface area (Å²) in [5.74, 6) is 0.164. The molecule has 0 unspecified atom stereocenters. The first-order valence-corrected chi connectivity index (χ1v) is 12.3. The summed E-state index contributed by atoms with van der Waals surface area (Å²) in [4.78, 5) is 13.1. The number of benzene rings is 5. The summed E-state index contributed by atoms with van der Waals surface area (Å²) < 4.78 is 6.33. The summed E-state index contributed by atoms with van der Waals surface area (Å²) >= 11 is 0. The quantitative estimate of drug-likeness (QED) is 0.191. The molecule has 0 fully saturated rings. The van der Waals surface area contributed by atoms with Crippen LogP contribution in [0.3, 0.4) is 0 Å². The van der Waals surface area contributed by atoms with Gasteiger partial charge in [0.2, 0.25) is 0 Å². The molecule has 4 heteroatoms. The predicted molar refractivity (Wildman–Crippen MR) is 150 cm³/mol. The van der Waals surface area contributed by atoms with Crippen molar-refractivity contribution in [3.05, 3.63) is 125 Å². The van der Waals surface area contributed by atoms with Crippen LogP contribution in [0, 0.1) is 11.3 Å². The molecule has 1 amide bonds. The van der Waals surface area contributed by atoms with Crippen LogP contribution in [0.1, 0.15) is 23.6 Å². The molecule has 5 rings (SSSR count). The first-order chi connectivity index (χ1) is 18.2. The monoisotopic (exact) mass is 482 g/mol. The van der Waals surface area contributed by atoms with Crippen molar-refractivity contribution in [2.24, 2.45) is 0 Å². The Morgan fingerprint density at radius 3 is 2.24 bits per heavy atom. The van der Waals surface area contributed by atoms with Gasteiger partial charge in [0.15, 0.2) is 0 Å². The maximum atomic E-state index is 13.1. The van der Waals surface area contributed by atoms with E-state index in [1.54, 1.807) is 6.08 Å². The number of amides is 1. The number of rotatable bonds is 7. The summed E-state index contributed by atoms with van der Waals surface area (Å²) in [7, 11) is 0. The summed E-state index contributed by atoms with van der Waals surface area (Å²) in [6.07, 6.45) is 2.40. The zero-order chi connectivity index (χ0) is 25.6. The molecule has 0 saturated carbocycles. The summed E-state index contributed by atoms with van der Waals surface area (Å²) in [5, 5.41) is 17.0. The van der Waals surface area contributed by atoms with Crippen LogP contribution >= 0.6 is 0 Å². The molecule has 0 aromatic heterocycles. The van der Waals surface area contributed by atoms with Crippen molar-refractivity contribution in [2.75, 3.05) is 5.32 Å². The lowest BCUT2D eigenvalue weighted by Gasteiger charge is -2.14. The van der Waals surface area contributed by atoms with Gasteiger partial charge in [-0.1, -0.05) is 97.9 Å². The maximum Gasteiger partial charge on any atom is 0.266 e. The molecule has 5 aromatic rings. The molecule has 180 valence electrons. The fraction of sp³-hybridized carbons (Fsp3) is 0.0909. The largest absolute Gasteiger partial charge is 0.488 e. The minimum absolute atomic E-state index is 0.0114. The zero-order valence-corrected chi connectivity index (χ0v) is 20.6. The SMILES string of the molecule is CCc1ccccc1NC(=O)/C(C#N)=C/c1c(OCc2cccc3ccccc23)ccc2ccccc12. The van der Waals surface area contributed by atoms with Crippen LogP contribution in [0.25, 0.3) is 27.6 Å². The maximum absolute atomic E-state index is 13.1. The van der Waals surface area contributed by atoms with E-state index >= 15 is 0 Å². The molecule has 0 atom stereocenters. The topological polar surface area (TPSA) is 62.1 Å². The number of nitriles is 1. The fourth-order valence-corrected chi connectivity index (χ4v) is 4.56. The van der Waals surface area contributed by atoms with Gasteiger partial charge >= 0.3 is 0 Å². The number of ether oxygens (including phenoxy) is 1. The second-order valence-corrected chi connectivity index (χ2v) is 8.76. The highest BCUT2D eigenvalue weighted by atomic mass is 16.5. The standard InChI is InChI=1S/C33H26N2O2/c1-2-23-10-5-8-17-31(23)35-33(36)27(21-34)20-30-29-16-7-4-12-25(29)18-19-32(30)37-22-26-14-9-13-24-11-3-6-15-28(24)26/h3-20H,2,22H2,1H3,(H,35,36)/b27-20+. The van der Waals surface area contributed by atoms with Gasteiger partial charge in [-0.15, -0.1) is 0 Å². The van der Waals surface area contributed by atoms with Gasteiger partial charge in [0.05, 0.1) is 0 Å². The summed E-state index contributed by atoms with van der Waals surface area (Å²) in [5.41, 5.74) is 3.50. The third-order valence-corrected chi connectivity index (χ3v) is 6.49. The van der Waals surface area contributed by atoms with Gasteiger partial charge in [-0.05, 0) is 57.3 Å². The number of carbonyl (C=O) groups excluding carboxylic acids is 1. The van der Waals surface area contributed by atoms with Crippen molar-refractivity contribution in [1.82, 2.24) is 0 Å². The first kappa shape index (κ1) is 23.8. The summed E-state index contributed by atoms with van der Waals surface area (Å²) in [6.45, 7) is 2.39. The van der Waals surface area contributed by atoms with E-state index < -0.39 is 5.91 Å². The van der Waals surface area contributed by atoms with Crippen molar-refractivity contribution in [1.29, 1.82) is 5.26 Å². The van der Waals surface area contributed by atoms with E-state index in [4.69, 9.17) is 4.74 Å². The van der Waals surface area contributed by atoms with Gasteiger partial charge in [-0.2, -0.15) is 5.26 Å². The van der Waals surface area contributed by atoms with Gasteiger partial charge in [0.25, 0.3) is 5.91 Å². The van der Waals surface area contributed by atoms with E-state index in [0.717, 1.165) is 39.1 Å². The van der Waals surface area contributed by atoms with Crippen molar-refractivity contribution >= 4 is 39.2 Å². The molecule has 37 heavy (non-hydrogen) atoms. The number of para-hydroxylation sites is 1. The fourth-order valence-electron chi connectivity index (χ4n) is 4.56. The van der Waals surface area contributed by atoms with Crippen LogP contribution in [0.5, 0.6) is 5.75 Å². The van der Waals surface area contributed by atoms with Crippen molar-refractivity contribution in [3.8, 4) is 11.8 Å². The van der Waals surface area contributed by atoms with Crippen LogP contribution in [0.2, 0.25) is 0 Å². The Morgan fingerprint density at radius 1 is 0.811 bits per heavy atom. The normalized spacial score (nSPS) is 11.3. The highest BCUT2D eigenvalue weighted by Crippen LogP contribution is 2.32. The number of hydrogen-bond donors (Lipinski definition) is 1. The minimum Gasteiger partial charge on any atom is -0.488 e. The van der Waals surface area contributed by atoms with E-state index in [1.807, 2.05) is 85.8 Å². The zero-order valence-electron chi connectivity index (χ0n) is 20.6. The predicted octanol–water partition coefficient (Wildman–Crippen LogP) is 7.68. The molecule has 0 radical (unpaired) electrons. The Labute approximate surface area is 216 Å². The number of anilines is 1. The molecule has 5 aromatic carbocycles. The van der Waals surface area contributed by atoms with Crippen LogP contribution in [-0.2, 0) is 17.8 Å². The molecule has 0 aliphatic carbocycles. The second-order valence-electron chi connectivity index (χ2n) is 8.76. The Kier molecular flexibility index (Phi) is 6.96. The molecule has 0 bridgehead atoms. The number of hydrogen-bond acceptors (Lipinski definition) is 3. The van der Waals surface area contributed by atoms with Crippen molar-refractivity contribution in [3.63, 3.8) is 0 Å². The minimum atomic E-state index is -0.448. The summed E-state index contributed by atoms with van der Waals surface area (Å²) in [6, 6.07) is 35.9. The van der Waals surface area contributed by atoms with Crippen LogP contribution in [0.4, 0.5) is 5.69 Å². The number of nitrogens with one attached hydrogen (secondary N) is 1. The molecule has 0 spiro atoms. The van der Waals surface area contributed by atoms with Gasteiger partial charge in [0.1, 0.15) is 24.0 Å². The van der Waals surface area contributed by atoms with Crippen molar-refractivity contribution in [2.45, 2.75) is 20.0 Å². The number of carbonyl (C=O) groups is 1. The second kappa shape index (κ2) is 10.8. The van der Waals surface area contributed by atoms with Crippen molar-refractivity contribution < 1.29 is 9.53 Å². The molecule has 0 heterocycles. The van der Waals surface area contributed by atoms with E-state index in [0.29, 0.717) is 23.6 Å². The smallest absolute Gasteiger partial charge is 0.266 e. The lowest BCUT2D eigenvalue weighted by Crippen LogP contribution is -2.14. The van der Waals surface area contributed by atoms with E-state index in [-0.39, 0.29) is 5.57 Å². The average molecular weight is 483 g/mol. The van der Waals surface area contributed by atoms with Crippen LogP contribution in [-0.4, -0.2) is 5.91 Å². The molecular formula is C33H26N2O2. The number of aryl methyl sites for hydroxylation is 1. The Balaban J connectivity index is 1.52. The molecule has 4 nitrogen and oxygen atoms in total. The van der Waals surface area contributed by atoms with Crippen LogP contribution in [0.15, 0.2) is 109 Å². The highest BCUT2D eigenvalue weighted by molar-refractivity contribution is 6.11. The Hall–Kier alpha value is -4.88. The van der Waals surface area contributed by atoms with E-state index in [9.17, 15) is 10.1 Å². The molecule has 1 N–H and O–H groups in total. The van der Waals surface area contributed by atoms with E-state index in [1.165, 1.54) is 0 Å². The Bertz CT molecular complexity index is 1670. The first-order valence-electron chi connectivity index (χ1n) is 12.3. The lowest BCUT2D eigenvalue weighted by molar-refractivity contribution is -0.112. The third-order valence-electron chi connectivity index (χ3n) is 6.49. The van der Waals surface area contributed by atoms with Crippen LogP contribution < -0.4 is 10.1 Å². The van der Waals surface area contributed by atoms with Gasteiger partial charge in [0, 0.05) is 11.3 Å². The average Bonchev–Trinajstić information content (AvgIpc) is 2.95. The van der Waals surface area contributed by atoms with Gasteiger partial charge in [-0.3, -0.25) is 4.79 Å². The third kappa shape index (κ3) is 5.07. The number of nitrogens with zero attached hydrogens (tertiary/aromatic N) is 1. The van der Waals surface area contributed by atoms with E-state index in [2.05, 4.69) is 35.7 Å².